The number of rotatable bonds is 4. The van der Waals surface area contributed by atoms with Crippen LogP contribution in [-0.4, -0.2) is 46.2 Å². The Bertz CT molecular complexity index is 921. The lowest BCUT2D eigenvalue weighted by Gasteiger charge is -2.46. The van der Waals surface area contributed by atoms with Gasteiger partial charge in [0.05, 0.1) is 5.60 Å². The molecule has 1 aromatic carbocycles. The van der Waals surface area contributed by atoms with E-state index in [2.05, 4.69) is 16.2 Å². The summed E-state index contributed by atoms with van der Waals surface area (Å²) >= 11 is 0. The van der Waals surface area contributed by atoms with E-state index in [0.717, 1.165) is 80.2 Å². The number of ether oxygens (including phenoxy) is 1. The van der Waals surface area contributed by atoms with E-state index in [9.17, 15) is 4.79 Å². The first kappa shape index (κ1) is 20.7. The number of nitrogens with zero attached hydrogens (tertiary/aromatic N) is 3. The van der Waals surface area contributed by atoms with Crippen molar-refractivity contribution in [2.75, 3.05) is 19.7 Å². The maximum Gasteiger partial charge on any atom is 0.253 e. The minimum absolute atomic E-state index is 0.108. The van der Waals surface area contributed by atoms with Gasteiger partial charge in [-0.15, -0.1) is 0 Å². The highest BCUT2D eigenvalue weighted by molar-refractivity contribution is 5.94. The van der Waals surface area contributed by atoms with Gasteiger partial charge in [0.25, 0.3) is 5.91 Å². The van der Waals surface area contributed by atoms with Crippen molar-refractivity contribution >= 4 is 5.91 Å². The molecule has 1 aromatic heterocycles. The molecule has 31 heavy (non-hydrogen) atoms. The van der Waals surface area contributed by atoms with Gasteiger partial charge >= 0.3 is 0 Å². The first-order valence-electron chi connectivity index (χ1n) is 11.8. The molecule has 1 unspecified atom stereocenters. The van der Waals surface area contributed by atoms with Crippen LogP contribution in [0.1, 0.15) is 84.1 Å². The van der Waals surface area contributed by atoms with Crippen LogP contribution in [0, 0.1) is 19.8 Å². The zero-order valence-electron chi connectivity index (χ0n) is 18.7. The molecule has 1 atom stereocenters. The molecule has 1 saturated carbocycles. The van der Waals surface area contributed by atoms with Crippen molar-refractivity contribution in [2.24, 2.45) is 5.92 Å². The fourth-order valence-corrected chi connectivity index (χ4v) is 5.48. The quantitative estimate of drug-likeness (QED) is 0.719. The smallest absolute Gasteiger partial charge is 0.253 e. The van der Waals surface area contributed by atoms with Gasteiger partial charge in [-0.2, -0.15) is 4.98 Å². The summed E-state index contributed by atoms with van der Waals surface area (Å²) in [5, 5.41) is 4.25. The van der Waals surface area contributed by atoms with Crippen LogP contribution >= 0.6 is 0 Å². The van der Waals surface area contributed by atoms with Gasteiger partial charge in [-0.25, -0.2) is 0 Å². The number of amides is 1. The number of aromatic nitrogens is 2. The molecule has 3 fully saturated rings. The second-order valence-electron chi connectivity index (χ2n) is 9.94. The molecule has 2 saturated heterocycles. The van der Waals surface area contributed by atoms with Gasteiger partial charge in [-0.05, 0) is 70.4 Å². The number of hydrogen-bond donors (Lipinski definition) is 0. The summed E-state index contributed by atoms with van der Waals surface area (Å²) in [7, 11) is 0. The molecule has 1 amide bonds. The molecular weight excluding hydrogens is 390 g/mol. The Morgan fingerprint density at radius 3 is 2.55 bits per heavy atom. The Balaban J connectivity index is 1.18. The van der Waals surface area contributed by atoms with Gasteiger partial charge in [0.2, 0.25) is 5.89 Å². The lowest BCUT2D eigenvalue weighted by molar-refractivity contribution is -0.123. The van der Waals surface area contributed by atoms with E-state index in [1.807, 2.05) is 30.9 Å². The number of likely N-dealkylation sites (tertiary alicyclic amines) is 1. The summed E-state index contributed by atoms with van der Waals surface area (Å²) in [5.74, 6) is 2.83. The van der Waals surface area contributed by atoms with Gasteiger partial charge in [0.15, 0.2) is 5.82 Å². The number of carbonyl (C=O) groups excluding carboxylic acids is 1. The molecule has 3 heterocycles. The highest BCUT2D eigenvalue weighted by Crippen LogP contribution is 2.39. The van der Waals surface area contributed by atoms with Crippen LogP contribution in [0.25, 0.3) is 0 Å². The largest absolute Gasteiger partial charge is 0.375 e. The first-order chi connectivity index (χ1) is 15.0. The SMILES string of the molecule is Cc1cc(C)cc(C(=O)N2CCC3(CC2)CC(Cc2noc(C4CCC4)n2)CCO3)c1. The second-order valence-corrected chi connectivity index (χ2v) is 9.94. The van der Waals surface area contributed by atoms with E-state index in [-0.39, 0.29) is 11.5 Å². The minimum Gasteiger partial charge on any atom is -0.375 e. The first-order valence-corrected chi connectivity index (χ1v) is 11.8. The lowest BCUT2D eigenvalue weighted by atomic mass is 9.78. The minimum atomic E-state index is -0.108. The van der Waals surface area contributed by atoms with Gasteiger partial charge in [-0.3, -0.25) is 4.79 Å². The zero-order valence-corrected chi connectivity index (χ0v) is 18.7. The molecule has 2 aromatic rings. The van der Waals surface area contributed by atoms with E-state index in [1.54, 1.807) is 0 Å². The standard InChI is InChI=1S/C25H33N3O3/c1-17-12-18(2)14-21(13-17)24(29)28-9-7-25(8-10-28)16-19(6-11-30-25)15-22-26-23(31-27-22)20-4-3-5-20/h12-14,19-20H,3-11,15-16H2,1-2H3. The Kier molecular flexibility index (Phi) is 5.59. The van der Waals surface area contributed by atoms with Crippen molar-refractivity contribution < 1.29 is 14.1 Å². The third kappa shape index (κ3) is 4.40. The molecule has 1 aliphatic carbocycles. The van der Waals surface area contributed by atoms with E-state index >= 15 is 0 Å². The highest BCUT2D eigenvalue weighted by atomic mass is 16.5. The summed E-state index contributed by atoms with van der Waals surface area (Å²) < 4.78 is 11.8. The summed E-state index contributed by atoms with van der Waals surface area (Å²) in [5.41, 5.74) is 2.97. The second kappa shape index (κ2) is 8.38. The van der Waals surface area contributed by atoms with Crippen molar-refractivity contribution in [2.45, 2.75) is 76.7 Å². The summed E-state index contributed by atoms with van der Waals surface area (Å²) in [4.78, 5) is 19.7. The van der Waals surface area contributed by atoms with Crippen LogP contribution < -0.4 is 0 Å². The van der Waals surface area contributed by atoms with Crippen molar-refractivity contribution in [3.05, 3.63) is 46.6 Å². The molecule has 2 aliphatic heterocycles. The average Bonchev–Trinajstić information content (AvgIpc) is 3.14. The third-order valence-electron chi connectivity index (χ3n) is 7.44. The molecule has 0 bridgehead atoms. The van der Waals surface area contributed by atoms with Crippen molar-refractivity contribution in [3.8, 4) is 0 Å². The van der Waals surface area contributed by atoms with E-state index < -0.39 is 0 Å². The van der Waals surface area contributed by atoms with Crippen LogP contribution in [0.4, 0.5) is 0 Å². The Morgan fingerprint density at radius 1 is 1.13 bits per heavy atom. The predicted molar refractivity (Wildman–Crippen MR) is 117 cm³/mol. The van der Waals surface area contributed by atoms with Gasteiger partial charge in [-0.1, -0.05) is 28.8 Å². The molecule has 1 spiro atoms. The molecule has 6 nitrogen and oxygen atoms in total. The molecular formula is C25H33N3O3. The predicted octanol–water partition coefficient (Wildman–Crippen LogP) is 4.60. The lowest BCUT2D eigenvalue weighted by Crippen LogP contribution is -2.51. The van der Waals surface area contributed by atoms with E-state index in [4.69, 9.17) is 9.26 Å². The topological polar surface area (TPSA) is 68.5 Å². The Hall–Kier alpha value is -2.21. The number of aryl methyl sites for hydroxylation is 2. The molecule has 0 radical (unpaired) electrons. The molecule has 6 heteroatoms. The highest BCUT2D eigenvalue weighted by Gasteiger charge is 2.41. The van der Waals surface area contributed by atoms with Crippen LogP contribution in [0.2, 0.25) is 0 Å². The average molecular weight is 424 g/mol. The van der Waals surface area contributed by atoms with Gasteiger partial charge in [0, 0.05) is 37.6 Å². The summed E-state index contributed by atoms with van der Waals surface area (Å²) in [6.45, 7) is 6.38. The normalized spacial score (nSPS) is 23.7. The van der Waals surface area contributed by atoms with Crippen LogP contribution in [0.3, 0.4) is 0 Å². The van der Waals surface area contributed by atoms with Crippen LogP contribution in [-0.2, 0) is 11.2 Å². The fourth-order valence-electron chi connectivity index (χ4n) is 5.48. The third-order valence-corrected chi connectivity index (χ3v) is 7.44. The van der Waals surface area contributed by atoms with E-state index in [1.165, 1.54) is 19.3 Å². The molecule has 166 valence electrons. The van der Waals surface area contributed by atoms with Crippen LogP contribution in [0.15, 0.2) is 22.7 Å². The molecule has 3 aliphatic rings. The summed E-state index contributed by atoms with van der Waals surface area (Å²) in [6, 6.07) is 6.10. The van der Waals surface area contributed by atoms with Crippen molar-refractivity contribution in [1.82, 2.24) is 15.0 Å². The number of carbonyl (C=O) groups is 1. The number of piperidine rings is 1. The zero-order chi connectivity index (χ0) is 21.4. The maximum atomic E-state index is 13.0. The fraction of sp³-hybridized carbons (Fsp3) is 0.640. The van der Waals surface area contributed by atoms with Crippen molar-refractivity contribution in [1.29, 1.82) is 0 Å². The molecule has 5 rings (SSSR count). The Morgan fingerprint density at radius 2 is 1.87 bits per heavy atom. The molecule has 0 N–H and O–H groups in total. The Labute approximate surface area is 184 Å². The van der Waals surface area contributed by atoms with Gasteiger partial charge < -0.3 is 14.2 Å². The number of benzene rings is 1. The van der Waals surface area contributed by atoms with E-state index in [0.29, 0.717) is 11.8 Å². The van der Waals surface area contributed by atoms with Gasteiger partial charge in [0.1, 0.15) is 0 Å². The number of hydrogen-bond acceptors (Lipinski definition) is 5. The van der Waals surface area contributed by atoms with Crippen molar-refractivity contribution in [3.63, 3.8) is 0 Å². The van der Waals surface area contributed by atoms with Crippen LogP contribution in [0.5, 0.6) is 0 Å². The maximum absolute atomic E-state index is 13.0. The summed E-state index contributed by atoms with van der Waals surface area (Å²) in [6.07, 6.45) is 8.37. The monoisotopic (exact) mass is 423 g/mol.